The van der Waals surface area contributed by atoms with Crippen molar-refractivity contribution in [2.24, 2.45) is 0 Å². The average Bonchev–Trinajstić information content (AvgIpc) is 2.65. The van der Waals surface area contributed by atoms with Gasteiger partial charge in [-0.3, -0.25) is 0 Å². The van der Waals surface area contributed by atoms with Gasteiger partial charge in [0, 0.05) is 12.6 Å². The molecule has 1 nitrogen and oxygen atoms in total. The van der Waals surface area contributed by atoms with Gasteiger partial charge >= 0.3 is 0 Å². The zero-order valence-electron chi connectivity index (χ0n) is 13.9. The largest absolute Gasteiger partial charge is 0.306 e. The van der Waals surface area contributed by atoms with Gasteiger partial charge in [-0.2, -0.15) is 0 Å². The van der Waals surface area contributed by atoms with Crippen LogP contribution in [0.15, 0.2) is 91.5 Å². The van der Waals surface area contributed by atoms with Gasteiger partial charge in [-0.1, -0.05) is 91.0 Å². The molecule has 0 bridgehead atoms. The summed E-state index contributed by atoms with van der Waals surface area (Å²) in [7, 11) is 0. The van der Waals surface area contributed by atoms with Crippen molar-refractivity contribution in [1.82, 2.24) is 5.32 Å². The number of hydrogen-bond donors (Lipinski definition) is 1. The third-order valence-electron chi connectivity index (χ3n) is 4.22. The molecule has 1 atom stereocenters. The molecule has 0 saturated carbocycles. The Morgan fingerprint density at radius 2 is 1.62 bits per heavy atom. The van der Waals surface area contributed by atoms with Gasteiger partial charge in [0.15, 0.2) is 0 Å². The first-order valence-electron chi connectivity index (χ1n) is 8.41. The molecule has 1 unspecified atom stereocenters. The molecule has 3 aromatic rings. The van der Waals surface area contributed by atoms with E-state index >= 15 is 0 Å². The van der Waals surface area contributed by atoms with Crippen LogP contribution in [0.2, 0.25) is 0 Å². The fourth-order valence-electron chi connectivity index (χ4n) is 2.87. The van der Waals surface area contributed by atoms with E-state index in [0.29, 0.717) is 0 Å². The van der Waals surface area contributed by atoms with Gasteiger partial charge in [0.1, 0.15) is 0 Å². The average molecular weight is 313 g/mol. The Hall–Kier alpha value is -2.64. The molecular weight excluding hydrogens is 290 g/mol. The molecule has 0 aliphatic heterocycles. The van der Waals surface area contributed by atoms with E-state index in [1.165, 1.54) is 21.9 Å². The zero-order valence-corrected chi connectivity index (χ0v) is 13.9. The monoisotopic (exact) mass is 313 g/mol. The molecule has 0 heterocycles. The van der Waals surface area contributed by atoms with E-state index in [1.807, 2.05) is 12.1 Å². The normalized spacial score (nSPS) is 12.5. The van der Waals surface area contributed by atoms with Crippen molar-refractivity contribution >= 4 is 16.8 Å². The van der Waals surface area contributed by atoms with E-state index in [-0.39, 0.29) is 6.04 Å². The molecule has 0 aliphatic carbocycles. The van der Waals surface area contributed by atoms with Gasteiger partial charge in [-0.25, -0.2) is 0 Å². The maximum absolute atomic E-state index is 3.96. The van der Waals surface area contributed by atoms with E-state index in [1.54, 1.807) is 0 Å². The van der Waals surface area contributed by atoms with Gasteiger partial charge in [0.25, 0.3) is 0 Å². The van der Waals surface area contributed by atoms with Gasteiger partial charge in [0.2, 0.25) is 0 Å². The van der Waals surface area contributed by atoms with Crippen LogP contribution in [0.1, 0.15) is 17.5 Å². The minimum atomic E-state index is 0.268. The van der Waals surface area contributed by atoms with Crippen molar-refractivity contribution in [3.05, 3.63) is 103 Å². The molecule has 0 aromatic heterocycles. The molecule has 0 aliphatic rings. The fourth-order valence-corrected chi connectivity index (χ4v) is 2.87. The van der Waals surface area contributed by atoms with Crippen molar-refractivity contribution in [3.8, 4) is 0 Å². The third kappa shape index (κ3) is 4.21. The number of benzene rings is 3. The maximum atomic E-state index is 3.96. The summed E-state index contributed by atoms with van der Waals surface area (Å²) < 4.78 is 0. The highest BCUT2D eigenvalue weighted by Gasteiger charge is 2.04. The number of nitrogens with one attached hydrogen (secondary N) is 1. The second-order valence-corrected chi connectivity index (χ2v) is 5.91. The van der Waals surface area contributed by atoms with Crippen molar-refractivity contribution < 1.29 is 0 Å². The summed E-state index contributed by atoms with van der Waals surface area (Å²) in [4.78, 5) is 0. The van der Waals surface area contributed by atoms with Crippen LogP contribution < -0.4 is 5.32 Å². The molecular formula is C23H23N. The van der Waals surface area contributed by atoms with Gasteiger partial charge in [-0.05, 0) is 28.3 Å². The van der Waals surface area contributed by atoms with Crippen LogP contribution in [-0.2, 0) is 6.54 Å². The smallest absolute Gasteiger partial charge is 0.0285 e. The predicted octanol–water partition coefficient (Wildman–Crippen LogP) is 5.59. The molecule has 0 saturated heterocycles. The summed E-state index contributed by atoms with van der Waals surface area (Å²) in [6.07, 6.45) is 7.29. The standard InChI is InChI=1S/C23H23N/c1-2-22(16-8-12-19-10-4-3-5-11-19)24-18-21-15-9-14-20-13-6-7-17-23(20)21/h2-15,17,22,24H,1,16,18H2. The molecule has 1 heteroatoms. The Balaban J connectivity index is 1.61. The molecule has 0 amide bonds. The summed E-state index contributed by atoms with van der Waals surface area (Å²) in [6, 6.07) is 25.6. The summed E-state index contributed by atoms with van der Waals surface area (Å²) >= 11 is 0. The lowest BCUT2D eigenvalue weighted by Crippen LogP contribution is -2.25. The second kappa shape index (κ2) is 8.28. The maximum Gasteiger partial charge on any atom is 0.0285 e. The van der Waals surface area contributed by atoms with Crippen LogP contribution in [-0.4, -0.2) is 6.04 Å². The van der Waals surface area contributed by atoms with E-state index in [9.17, 15) is 0 Å². The highest BCUT2D eigenvalue weighted by atomic mass is 14.9. The van der Waals surface area contributed by atoms with Crippen LogP contribution >= 0.6 is 0 Å². The Labute approximate surface area is 144 Å². The molecule has 120 valence electrons. The Kier molecular flexibility index (Phi) is 5.60. The van der Waals surface area contributed by atoms with Crippen LogP contribution in [0.25, 0.3) is 16.8 Å². The van der Waals surface area contributed by atoms with Crippen LogP contribution in [0.5, 0.6) is 0 Å². The summed E-state index contributed by atoms with van der Waals surface area (Å²) in [5.41, 5.74) is 2.56. The van der Waals surface area contributed by atoms with E-state index in [4.69, 9.17) is 0 Å². The number of hydrogen-bond acceptors (Lipinski definition) is 1. The Bertz CT molecular complexity index is 812. The molecule has 0 spiro atoms. The Morgan fingerprint density at radius 3 is 2.46 bits per heavy atom. The number of rotatable bonds is 7. The topological polar surface area (TPSA) is 12.0 Å². The van der Waals surface area contributed by atoms with Crippen LogP contribution in [0, 0.1) is 0 Å². The lowest BCUT2D eigenvalue weighted by Gasteiger charge is -2.14. The van der Waals surface area contributed by atoms with Crippen molar-refractivity contribution in [2.45, 2.75) is 19.0 Å². The van der Waals surface area contributed by atoms with E-state index in [2.05, 4.69) is 90.8 Å². The van der Waals surface area contributed by atoms with Crippen molar-refractivity contribution in [1.29, 1.82) is 0 Å². The lowest BCUT2D eigenvalue weighted by molar-refractivity contribution is 0.601. The minimum absolute atomic E-state index is 0.268. The molecule has 1 N–H and O–H groups in total. The first-order chi connectivity index (χ1) is 11.9. The molecule has 3 rings (SSSR count). The SMILES string of the molecule is C=CC(CC=Cc1ccccc1)NCc1cccc2ccccc12. The van der Waals surface area contributed by atoms with E-state index in [0.717, 1.165) is 13.0 Å². The minimum Gasteiger partial charge on any atom is -0.306 e. The van der Waals surface area contributed by atoms with Gasteiger partial charge in [0.05, 0.1) is 0 Å². The second-order valence-electron chi connectivity index (χ2n) is 5.91. The summed E-state index contributed by atoms with van der Waals surface area (Å²) in [6.45, 7) is 4.81. The third-order valence-corrected chi connectivity index (χ3v) is 4.22. The van der Waals surface area contributed by atoms with E-state index < -0.39 is 0 Å². The van der Waals surface area contributed by atoms with Gasteiger partial charge in [-0.15, -0.1) is 6.58 Å². The van der Waals surface area contributed by atoms with Crippen molar-refractivity contribution in [2.75, 3.05) is 0 Å². The molecule has 3 aromatic carbocycles. The quantitative estimate of drug-likeness (QED) is 0.561. The van der Waals surface area contributed by atoms with Crippen LogP contribution in [0.3, 0.4) is 0 Å². The first kappa shape index (κ1) is 16.2. The predicted molar refractivity (Wildman–Crippen MR) is 105 cm³/mol. The molecule has 24 heavy (non-hydrogen) atoms. The first-order valence-corrected chi connectivity index (χ1v) is 8.41. The van der Waals surface area contributed by atoms with Crippen LogP contribution in [0.4, 0.5) is 0 Å². The summed E-state index contributed by atoms with van der Waals surface area (Å²) in [5, 5.41) is 6.20. The highest BCUT2D eigenvalue weighted by molar-refractivity contribution is 5.85. The fraction of sp³-hybridized carbons (Fsp3) is 0.130. The molecule has 0 radical (unpaired) electrons. The van der Waals surface area contributed by atoms with Gasteiger partial charge < -0.3 is 5.32 Å². The zero-order chi connectivity index (χ0) is 16.6. The number of fused-ring (bicyclic) bond motifs is 1. The Morgan fingerprint density at radius 1 is 0.875 bits per heavy atom. The van der Waals surface area contributed by atoms with Crippen molar-refractivity contribution in [3.63, 3.8) is 0 Å². The molecule has 0 fully saturated rings. The highest BCUT2D eigenvalue weighted by Crippen LogP contribution is 2.18. The summed E-state index contributed by atoms with van der Waals surface area (Å²) in [5.74, 6) is 0. The lowest BCUT2D eigenvalue weighted by atomic mass is 10.0.